The van der Waals surface area contributed by atoms with E-state index in [9.17, 15) is 18.0 Å². The number of anilines is 2. The second-order valence-corrected chi connectivity index (χ2v) is 6.61. The highest BCUT2D eigenvalue weighted by Crippen LogP contribution is 2.26. The van der Waals surface area contributed by atoms with Crippen LogP contribution in [0, 0.1) is 6.92 Å². The van der Waals surface area contributed by atoms with Crippen LogP contribution < -0.4 is 20.3 Å². The number of alkyl halides is 3. The summed E-state index contributed by atoms with van der Waals surface area (Å²) >= 11 is 0. The normalized spacial score (nSPS) is 14.0. The van der Waals surface area contributed by atoms with Gasteiger partial charge in [-0.2, -0.15) is 4.98 Å². The zero-order valence-corrected chi connectivity index (χ0v) is 15.9. The van der Waals surface area contributed by atoms with E-state index in [1.807, 2.05) is 13.0 Å². The van der Waals surface area contributed by atoms with Gasteiger partial charge in [0.1, 0.15) is 11.6 Å². The van der Waals surface area contributed by atoms with Gasteiger partial charge in [0, 0.05) is 37.9 Å². The summed E-state index contributed by atoms with van der Waals surface area (Å²) < 4.78 is 41.3. The number of hydrogen-bond donors (Lipinski definition) is 2. The molecule has 156 valence electrons. The Bertz CT molecular complexity index is 854. The van der Waals surface area contributed by atoms with Crippen molar-refractivity contribution in [3.8, 4) is 5.75 Å². The van der Waals surface area contributed by atoms with Crippen molar-refractivity contribution in [1.29, 1.82) is 0 Å². The molecule has 1 aliphatic rings. The van der Waals surface area contributed by atoms with Gasteiger partial charge >= 0.3 is 6.36 Å². The number of carbonyl (C=O) groups excluding carboxylic acids is 1. The van der Waals surface area contributed by atoms with Gasteiger partial charge in [-0.15, -0.1) is 13.2 Å². The lowest BCUT2D eigenvalue weighted by Gasteiger charge is -2.17. The highest BCUT2D eigenvalue weighted by molar-refractivity contribution is 5.96. The van der Waals surface area contributed by atoms with Gasteiger partial charge in [0.15, 0.2) is 0 Å². The molecule has 0 spiro atoms. The number of carbonyl (C=O) groups is 1. The lowest BCUT2D eigenvalue weighted by Crippen LogP contribution is -2.30. The predicted molar refractivity (Wildman–Crippen MR) is 102 cm³/mol. The molecule has 0 saturated carbocycles. The third-order valence-electron chi connectivity index (χ3n) is 4.32. The van der Waals surface area contributed by atoms with Crippen molar-refractivity contribution in [2.24, 2.45) is 0 Å². The predicted octanol–water partition coefficient (Wildman–Crippen LogP) is 3.13. The Labute approximate surface area is 166 Å². The Hall–Kier alpha value is -3.04. The molecule has 0 aliphatic carbocycles. The molecule has 2 N–H and O–H groups in total. The molecule has 10 heteroatoms. The molecule has 1 saturated heterocycles. The van der Waals surface area contributed by atoms with Gasteiger partial charge in [-0.25, -0.2) is 4.98 Å². The minimum atomic E-state index is -4.87. The van der Waals surface area contributed by atoms with E-state index in [0.29, 0.717) is 12.5 Å². The van der Waals surface area contributed by atoms with Gasteiger partial charge in [0.2, 0.25) is 5.95 Å². The Morgan fingerprint density at radius 3 is 2.62 bits per heavy atom. The second kappa shape index (κ2) is 8.97. The minimum Gasteiger partial charge on any atom is -0.405 e. The molecule has 1 amide bonds. The maximum absolute atomic E-state index is 12.5. The fourth-order valence-electron chi connectivity index (χ4n) is 3.05. The Morgan fingerprint density at radius 2 is 1.90 bits per heavy atom. The first-order valence-corrected chi connectivity index (χ1v) is 9.29. The van der Waals surface area contributed by atoms with E-state index in [4.69, 9.17) is 0 Å². The number of nitrogens with zero attached hydrogens (tertiary/aromatic N) is 3. The zero-order chi connectivity index (χ0) is 20.9. The summed E-state index contributed by atoms with van der Waals surface area (Å²) in [6, 6.07) is 7.14. The molecule has 0 atom stereocenters. The van der Waals surface area contributed by atoms with E-state index >= 15 is 0 Å². The number of aromatic nitrogens is 2. The number of halogens is 3. The molecule has 1 fully saturated rings. The first-order chi connectivity index (χ1) is 13.8. The fraction of sp³-hybridized carbons (Fsp3) is 0.421. The van der Waals surface area contributed by atoms with Crippen LogP contribution in [0.5, 0.6) is 5.75 Å². The summed E-state index contributed by atoms with van der Waals surface area (Å²) in [5, 5.41) is 5.60. The first-order valence-electron chi connectivity index (χ1n) is 9.29. The molecule has 1 aliphatic heterocycles. The maximum atomic E-state index is 12.5. The lowest BCUT2D eigenvalue weighted by molar-refractivity contribution is -0.274. The van der Waals surface area contributed by atoms with Crippen LogP contribution in [0.1, 0.15) is 28.9 Å². The molecule has 1 aromatic carbocycles. The van der Waals surface area contributed by atoms with Crippen LogP contribution in [0.25, 0.3) is 0 Å². The highest BCUT2D eigenvalue weighted by atomic mass is 19.4. The van der Waals surface area contributed by atoms with Crippen LogP contribution >= 0.6 is 0 Å². The van der Waals surface area contributed by atoms with Gasteiger partial charge < -0.3 is 20.3 Å². The van der Waals surface area contributed by atoms with E-state index in [0.717, 1.165) is 43.5 Å². The number of rotatable bonds is 7. The van der Waals surface area contributed by atoms with Crippen molar-refractivity contribution in [2.45, 2.75) is 26.1 Å². The molecule has 0 bridgehead atoms. The molecule has 29 heavy (non-hydrogen) atoms. The number of aryl methyl sites for hydroxylation is 1. The molecule has 0 radical (unpaired) electrons. The van der Waals surface area contributed by atoms with E-state index in [2.05, 4.69) is 30.2 Å². The average molecular weight is 409 g/mol. The molecular formula is C19H22F3N5O2. The van der Waals surface area contributed by atoms with E-state index in [1.54, 1.807) is 0 Å². The van der Waals surface area contributed by atoms with Gasteiger partial charge in [0.05, 0.1) is 5.56 Å². The smallest absolute Gasteiger partial charge is 0.405 e. The number of nitrogens with one attached hydrogen (secondary N) is 2. The number of hydrogen-bond acceptors (Lipinski definition) is 6. The van der Waals surface area contributed by atoms with Crippen LogP contribution in [0.15, 0.2) is 30.3 Å². The fourth-order valence-corrected chi connectivity index (χ4v) is 3.05. The van der Waals surface area contributed by atoms with Crippen molar-refractivity contribution in [3.05, 3.63) is 41.6 Å². The number of para-hydroxylation sites is 1. The van der Waals surface area contributed by atoms with E-state index in [-0.39, 0.29) is 12.1 Å². The van der Waals surface area contributed by atoms with Crippen LogP contribution in [-0.4, -0.2) is 48.4 Å². The molecule has 0 unspecified atom stereocenters. The number of amides is 1. The van der Waals surface area contributed by atoms with E-state index < -0.39 is 18.0 Å². The third kappa shape index (κ3) is 5.97. The number of benzene rings is 1. The molecule has 1 aromatic heterocycles. The summed E-state index contributed by atoms with van der Waals surface area (Å²) in [5.74, 6) is 0.110. The Morgan fingerprint density at radius 1 is 1.17 bits per heavy atom. The zero-order valence-electron chi connectivity index (χ0n) is 15.9. The van der Waals surface area contributed by atoms with Crippen molar-refractivity contribution in [2.75, 3.05) is 36.4 Å². The largest absolute Gasteiger partial charge is 0.573 e. The van der Waals surface area contributed by atoms with Gasteiger partial charge in [-0.3, -0.25) is 4.79 Å². The van der Waals surface area contributed by atoms with Crippen LogP contribution in [0.4, 0.5) is 24.9 Å². The molecule has 7 nitrogen and oxygen atoms in total. The maximum Gasteiger partial charge on any atom is 0.573 e. The number of ether oxygens (including phenoxy) is 1. The van der Waals surface area contributed by atoms with E-state index in [1.165, 1.54) is 18.2 Å². The van der Waals surface area contributed by atoms with Crippen LogP contribution in [0.2, 0.25) is 0 Å². The summed E-state index contributed by atoms with van der Waals surface area (Å²) in [6.07, 6.45) is -2.60. The SMILES string of the molecule is Cc1cc(N2CCCC2)nc(NCCNC(=O)c2ccccc2OC(F)(F)F)n1. The van der Waals surface area contributed by atoms with Crippen molar-refractivity contribution in [1.82, 2.24) is 15.3 Å². The van der Waals surface area contributed by atoms with Crippen molar-refractivity contribution < 1.29 is 22.7 Å². The molecular weight excluding hydrogens is 387 g/mol. The van der Waals surface area contributed by atoms with Gasteiger partial charge in [0.25, 0.3) is 5.91 Å². The highest BCUT2D eigenvalue weighted by Gasteiger charge is 2.32. The first kappa shape index (κ1) is 20.7. The average Bonchev–Trinajstić information content (AvgIpc) is 3.19. The monoisotopic (exact) mass is 409 g/mol. The summed E-state index contributed by atoms with van der Waals surface area (Å²) in [7, 11) is 0. The van der Waals surface area contributed by atoms with Crippen molar-refractivity contribution >= 4 is 17.7 Å². The minimum absolute atomic E-state index is 0.176. The van der Waals surface area contributed by atoms with Crippen LogP contribution in [0.3, 0.4) is 0 Å². The molecule has 2 aromatic rings. The van der Waals surface area contributed by atoms with Crippen LogP contribution in [-0.2, 0) is 0 Å². The standard InChI is InChI=1S/C19H22F3N5O2/c1-13-12-16(27-10-4-5-11-27)26-18(25-13)24-9-8-23-17(28)14-6-2-3-7-15(14)29-19(20,21)22/h2-3,6-7,12H,4-5,8-11H2,1H3,(H,23,28)(H,24,25,26). The molecule has 2 heterocycles. The Balaban J connectivity index is 1.54. The second-order valence-electron chi connectivity index (χ2n) is 6.61. The third-order valence-corrected chi connectivity index (χ3v) is 4.32. The van der Waals surface area contributed by atoms with Crippen molar-refractivity contribution in [3.63, 3.8) is 0 Å². The Kier molecular flexibility index (Phi) is 6.40. The summed E-state index contributed by atoms with van der Waals surface area (Å²) in [5.41, 5.74) is 0.639. The topological polar surface area (TPSA) is 79.4 Å². The van der Waals surface area contributed by atoms with Gasteiger partial charge in [-0.1, -0.05) is 12.1 Å². The van der Waals surface area contributed by atoms with Gasteiger partial charge in [-0.05, 0) is 31.9 Å². The summed E-state index contributed by atoms with van der Waals surface area (Å²) in [6.45, 7) is 4.30. The summed E-state index contributed by atoms with van der Waals surface area (Å²) in [4.78, 5) is 23.2. The quantitative estimate of drug-likeness (QED) is 0.684. The lowest BCUT2D eigenvalue weighted by atomic mass is 10.2. The molecule has 3 rings (SSSR count).